The number of nitrogens with two attached hydrogens (primary N) is 1. The molecular formula is C11H9BrFN3O. The standard InChI is InChI=1S/C11H9BrFN3O/c12-9-2-1-8(5-10(9)13)17-11-15-4-3-7(6-14)16-11/h1-5H,6,14H2. The van der Waals surface area contributed by atoms with Gasteiger partial charge >= 0.3 is 6.01 Å². The van der Waals surface area contributed by atoms with Crippen molar-refractivity contribution in [2.45, 2.75) is 6.54 Å². The van der Waals surface area contributed by atoms with E-state index in [0.29, 0.717) is 22.5 Å². The fourth-order valence-corrected chi connectivity index (χ4v) is 1.43. The lowest BCUT2D eigenvalue weighted by Crippen LogP contribution is -2.01. The minimum atomic E-state index is -0.405. The third kappa shape index (κ3) is 2.98. The zero-order chi connectivity index (χ0) is 12.3. The van der Waals surface area contributed by atoms with Gasteiger partial charge in [-0.3, -0.25) is 0 Å². The van der Waals surface area contributed by atoms with Crippen molar-refractivity contribution >= 4 is 15.9 Å². The molecule has 1 aromatic heterocycles. The summed E-state index contributed by atoms with van der Waals surface area (Å²) in [6.07, 6.45) is 1.54. The first kappa shape index (κ1) is 11.9. The van der Waals surface area contributed by atoms with Crippen molar-refractivity contribution in [2.75, 3.05) is 0 Å². The van der Waals surface area contributed by atoms with E-state index < -0.39 is 5.82 Å². The Hall–Kier alpha value is -1.53. The van der Waals surface area contributed by atoms with Gasteiger partial charge in [0.25, 0.3) is 0 Å². The van der Waals surface area contributed by atoms with Crippen molar-refractivity contribution in [2.24, 2.45) is 5.73 Å². The molecule has 1 aromatic carbocycles. The van der Waals surface area contributed by atoms with Gasteiger partial charge in [0.05, 0.1) is 10.2 Å². The Morgan fingerprint density at radius 2 is 2.18 bits per heavy atom. The van der Waals surface area contributed by atoms with Crippen LogP contribution in [-0.4, -0.2) is 9.97 Å². The topological polar surface area (TPSA) is 61.0 Å². The van der Waals surface area contributed by atoms with E-state index in [1.807, 2.05) is 0 Å². The molecule has 0 unspecified atom stereocenters. The van der Waals surface area contributed by atoms with Gasteiger partial charge in [0.1, 0.15) is 11.6 Å². The van der Waals surface area contributed by atoms with E-state index in [4.69, 9.17) is 10.5 Å². The number of aromatic nitrogens is 2. The molecule has 0 radical (unpaired) electrons. The van der Waals surface area contributed by atoms with Crippen LogP contribution in [0.15, 0.2) is 34.9 Å². The van der Waals surface area contributed by atoms with E-state index in [2.05, 4.69) is 25.9 Å². The van der Waals surface area contributed by atoms with Crippen LogP contribution in [0.5, 0.6) is 11.8 Å². The summed E-state index contributed by atoms with van der Waals surface area (Å²) in [5.74, 6) is -0.0719. The molecule has 0 atom stereocenters. The molecule has 0 spiro atoms. The molecule has 0 aliphatic heterocycles. The SMILES string of the molecule is NCc1ccnc(Oc2ccc(Br)c(F)c2)n1. The van der Waals surface area contributed by atoms with Crippen LogP contribution < -0.4 is 10.5 Å². The second-order valence-corrected chi connectivity index (χ2v) is 4.07. The maximum absolute atomic E-state index is 13.2. The summed E-state index contributed by atoms with van der Waals surface area (Å²) in [5.41, 5.74) is 6.10. The average Bonchev–Trinajstić information content (AvgIpc) is 2.34. The Morgan fingerprint density at radius 3 is 2.88 bits per heavy atom. The lowest BCUT2D eigenvalue weighted by Gasteiger charge is -2.05. The molecular weight excluding hydrogens is 289 g/mol. The van der Waals surface area contributed by atoms with Crippen molar-refractivity contribution in [1.82, 2.24) is 9.97 Å². The molecule has 0 fully saturated rings. The molecule has 0 amide bonds. The third-order valence-corrected chi connectivity index (χ3v) is 2.64. The molecule has 2 N–H and O–H groups in total. The van der Waals surface area contributed by atoms with Crippen LogP contribution >= 0.6 is 15.9 Å². The summed E-state index contributed by atoms with van der Waals surface area (Å²) in [6.45, 7) is 0.299. The highest BCUT2D eigenvalue weighted by Crippen LogP contribution is 2.23. The summed E-state index contributed by atoms with van der Waals surface area (Å²) in [7, 11) is 0. The molecule has 17 heavy (non-hydrogen) atoms. The zero-order valence-electron chi connectivity index (χ0n) is 8.73. The quantitative estimate of drug-likeness (QED) is 0.946. The second kappa shape index (κ2) is 5.20. The Kier molecular flexibility index (Phi) is 3.65. The number of hydrogen-bond donors (Lipinski definition) is 1. The number of ether oxygens (including phenoxy) is 1. The van der Waals surface area contributed by atoms with Crippen LogP contribution in [0.2, 0.25) is 0 Å². The summed E-state index contributed by atoms with van der Waals surface area (Å²) < 4.78 is 18.9. The number of nitrogens with zero attached hydrogens (tertiary/aromatic N) is 2. The van der Waals surface area contributed by atoms with E-state index in [9.17, 15) is 4.39 Å². The van der Waals surface area contributed by atoms with E-state index >= 15 is 0 Å². The van der Waals surface area contributed by atoms with Gasteiger partial charge in [-0.15, -0.1) is 0 Å². The Labute approximate surface area is 106 Å². The van der Waals surface area contributed by atoms with Crippen LogP contribution in [0.3, 0.4) is 0 Å². The van der Waals surface area contributed by atoms with Gasteiger partial charge in [0.15, 0.2) is 0 Å². The van der Waals surface area contributed by atoms with Crippen LogP contribution in [0, 0.1) is 5.82 Å². The summed E-state index contributed by atoms with van der Waals surface area (Å²) in [5, 5.41) is 0. The highest BCUT2D eigenvalue weighted by Gasteiger charge is 2.05. The summed E-state index contributed by atoms with van der Waals surface area (Å²) >= 11 is 3.06. The molecule has 4 nitrogen and oxygen atoms in total. The normalized spacial score (nSPS) is 10.3. The molecule has 6 heteroatoms. The monoisotopic (exact) mass is 297 g/mol. The van der Waals surface area contributed by atoms with Gasteiger partial charge in [-0.1, -0.05) is 0 Å². The van der Waals surface area contributed by atoms with Crippen molar-refractivity contribution < 1.29 is 9.13 Å². The average molecular weight is 298 g/mol. The molecule has 1 heterocycles. The van der Waals surface area contributed by atoms with Crippen LogP contribution in [0.1, 0.15) is 5.69 Å². The van der Waals surface area contributed by atoms with Crippen LogP contribution in [0.25, 0.3) is 0 Å². The van der Waals surface area contributed by atoms with Crippen molar-refractivity contribution in [3.05, 3.63) is 46.4 Å². The third-order valence-electron chi connectivity index (χ3n) is 2.00. The van der Waals surface area contributed by atoms with Crippen LogP contribution in [-0.2, 0) is 6.54 Å². The van der Waals surface area contributed by atoms with Gasteiger partial charge in [-0.25, -0.2) is 9.37 Å². The summed E-state index contributed by atoms with van der Waals surface area (Å²) in [4.78, 5) is 7.96. The lowest BCUT2D eigenvalue weighted by atomic mass is 10.3. The van der Waals surface area contributed by atoms with E-state index in [1.54, 1.807) is 24.4 Å². The Bertz CT molecular complexity index is 536. The fourth-order valence-electron chi connectivity index (χ4n) is 1.18. The fraction of sp³-hybridized carbons (Fsp3) is 0.0909. The molecule has 0 saturated carbocycles. The molecule has 2 aromatic rings. The van der Waals surface area contributed by atoms with Crippen molar-refractivity contribution in [1.29, 1.82) is 0 Å². The van der Waals surface area contributed by atoms with Gasteiger partial charge in [-0.2, -0.15) is 4.98 Å². The molecule has 0 aliphatic carbocycles. The van der Waals surface area contributed by atoms with Gasteiger partial charge in [-0.05, 0) is 34.1 Å². The molecule has 0 saturated heterocycles. The van der Waals surface area contributed by atoms with E-state index in [1.165, 1.54) is 6.07 Å². The highest BCUT2D eigenvalue weighted by atomic mass is 79.9. The Balaban J connectivity index is 2.22. The molecule has 0 aliphatic rings. The largest absolute Gasteiger partial charge is 0.424 e. The number of benzene rings is 1. The molecule has 88 valence electrons. The summed E-state index contributed by atoms with van der Waals surface area (Å²) in [6, 6.07) is 6.26. The first-order valence-corrected chi connectivity index (χ1v) is 5.63. The second-order valence-electron chi connectivity index (χ2n) is 3.21. The van der Waals surface area contributed by atoms with Crippen molar-refractivity contribution in [3.8, 4) is 11.8 Å². The zero-order valence-corrected chi connectivity index (χ0v) is 10.3. The van der Waals surface area contributed by atoms with Crippen LogP contribution in [0.4, 0.5) is 4.39 Å². The number of hydrogen-bond acceptors (Lipinski definition) is 4. The van der Waals surface area contributed by atoms with Gasteiger partial charge < -0.3 is 10.5 Å². The first-order chi connectivity index (χ1) is 8.19. The predicted molar refractivity (Wildman–Crippen MR) is 64.1 cm³/mol. The Morgan fingerprint density at radius 1 is 1.35 bits per heavy atom. The minimum Gasteiger partial charge on any atom is -0.424 e. The first-order valence-electron chi connectivity index (χ1n) is 4.84. The minimum absolute atomic E-state index is 0.148. The molecule has 0 bridgehead atoms. The predicted octanol–water partition coefficient (Wildman–Crippen LogP) is 2.63. The smallest absolute Gasteiger partial charge is 0.322 e. The maximum atomic E-state index is 13.2. The van der Waals surface area contributed by atoms with E-state index in [0.717, 1.165) is 0 Å². The maximum Gasteiger partial charge on any atom is 0.322 e. The highest BCUT2D eigenvalue weighted by molar-refractivity contribution is 9.10. The number of halogens is 2. The van der Waals surface area contributed by atoms with Gasteiger partial charge in [0, 0.05) is 18.8 Å². The van der Waals surface area contributed by atoms with E-state index in [-0.39, 0.29) is 6.01 Å². The molecule has 2 rings (SSSR count). The number of rotatable bonds is 3. The van der Waals surface area contributed by atoms with Crippen molar-refractivity contribution in [3.63, 3.8) is 0 Å². The van der Waals surface area contributed by atoms with Gasteiger partial charge in [0.2, 0.25) is 0 Å². The lowest BCUT2D eigenvalue weighted by molar-refractivity contribution is 0.435.